The lowest BCUT2D eigenvalue weighted by Crippen LogP contribution is -2.46. The molecule has 102 valence electrons. The average Bonchev–Trinajstić information content (AvgIpc) is 2.90. The van der Waals surface area contributed by atoms with Crippen LogP contribution in [0.1, 0.15) is 32.6 Å². The molecule has 2 fully saturated rings. The Morgan fingerprint density at radius 1 is 1.50 bits per heavy atom. The van der Waals surface area contributed by atoms with Gasteiger partial charge < -0.3 is 10.6 Å². The molecule has 2 N–H and O–H groups in total. The molecule has 0 spiro atoms. The number of amides is 2. The number of carbonyl (C=O) groups is 2. The van der Waals surface area contributed by atoms with Gasteiger partial charge in [-0.05, 0) is 39.3 Å². The molecule has 5 heteroatoms. The molecular formula is C13H23N3O2. The molecule has 18 heavy (non-hydrogen) atoms. The third-order valence-corrected chi connectivity index (χ3v) is 3.97. The van der Waals surface area contributed by atoms with Crippen LogP contribution in [0.5, 0.6) is 0 Å². The molecule has 0 aromatic heterocycles. The van der Waals surface area contributed by atoms with Crippen LogP contribution in [0.4, 0.5) is 0 Å². The monoisotopic (exact) mass is 253 g/mol. The predicted molar refractivity (Wildman–Crippen MR) is 69.0 cm³/mol. The lowest BCUT2D eigenvalue weighted by molar-refractivity contribution is -0.129. The average molecular weight is 253 g/mol. The second-order valence-electron chi connectivity index (χ2n) is 5.38. The van der Waals surface area contributed by atoms with Crippen LogP contribution in [-0.2, 0) is 9.59 Å². The van der Waals surface area contributed by atoms with E-state index in [2.05, 4.69) is 22.5 Å². The van der Waals surface area contributed by atoms with Gasteiger partial charge in [-0.1, -0.05) is 0 Å². The minimum absolute atomic E-state index is 0.0477. The van der Waals surface area contributed by atoms with Crippen molar-refractivity contribution < 1.29 is 9.59 Å². The third-order valence-electron chi connectivity index (χ3n) is 3.97. The van der Waals surface area contributed by atoms with E-state index in [9.17, 15) is 9.59 Å². The van der Waals surface area contributed by atoms with E-state index in [4.69, 9.17) is 0 Å². The van der Waals surface area contributed by atoms with E-state index < -0.39 is 0 Å². The lowest BCUT2D eigenvalue weighted by atomic mass is 9.98. The second-order valence-corrected chi connectivity index (χ2v) is 5.38. The quantitative estimate of drug-likeness (QED) is 0.748. The highest BCUT2D eigenvalue weighted by Gasteiger charge is 2.25. The van der Waals surface area contributed by atoms with Crippen LogP contribution in [0.25, 0.3) is 0 Å². The van der Waals surface area contributed by atoms with E-state index in [0.717, 1.165) is 13.1 Å². The first-order valence-corrected chi connectivity index (χ1v) is 6.95. The first-order valence-electron chi connectivity index (χ1n) is 6.95. The van der Waals surface area contributed by atoms with Crippen LogP contribution in [0, 0.1) is 5.92 Å². The van der Waals surface area contributed by atoms with Crippen molar-refractivity contribution in [1.82, 2.24) is 15.5 Å². The van der Waals surface area contributed by atoms with Crippen molar-refractivity contribution in [3.63, 3.8) is 0 Å². The smallest absolute Gasteiger partial charge is 0.224 e. The Bertz CT molecular complexity index is 303. The Hall–Kier alpha value is -1.10. The molecular weight excluding hydrogens is 230 g/mol. The molecule has 2 rings (SSSR count). The van der Waals surface area contributed by atoms with Gasteiger partial charge in [0.2, 0.25) is 11.8 Å². The standard InChI is InChI=1S/C13H23N3O2/c1-10(16-6-2-3-7-16)8-15-13(18)11-4-5-12(17)14-9-11/h10-11H,2-9H2,1H3,(H,14,17)(H,15,18). The van der Waals surface area contributed by atoms with Gasteiger partial charge in [0.1, 0.15) is 0 Å². The topological polar surface area (TPSA) is 61.4 Å². The first kappa shape index (κ1) is 13.3. The summed E-state index contributed by atoms with van der Waals surface area (Å²) in [6.07, 6.45) is 3.69. The van der Waals surface area contributed by atoms with Crippen LogP contribution in [0.15, 0.2) is 0 Å². The molecule has 2 atom stereocenters. The number of likely N-dealkylation sites (tertiary alicyclic amines) is 1. The summed E-state index contributed by atoms with van der Waals surface area (Å²) in [6.45, 7) is 5.66. The van der Waals surface area contributed by atoms with Crippen molar-refractivity contribution >= 4 is 11.8 Å². The number of hydrogen-bond acceptors (Lipinski definition) is 3. The minimum Gasteiger partial charge on any atom is -0.355 e. The third kappa shape index (κ3) is 3.45. The fourth-order valence-corrected chi connectivity index (χ4v) is 2.66. The Morgan fingerprint density at radius 2 is 2.22 bits per heavy atom. The summed E-state index contributed by atoms with van der Waals surface area (Å²) in [5.41, 5.74) is 0. The van der Waals surface area contributed by atoms with Gasteiger partial charge in [0.15, 0.2) is 0 Å². The van der Waals surface area contributed by atoms with E-state index in [1.54, 1.807) is 0 Å². The predicted octanol–water partition coefficient (Wildman–Crippen LogP) is 0.113. The summed E-state index contributed by atoms with van der Waals surface area (Å²) in [5.74, 6) is 0.0963. The van der Waals surface area contributed by atoms with Gasteiger partial charge >= 0.3 is 0 Å². The highest BCUT2D eigenvalue weighted by molar-refractivity contribution is 5.83. The SMILES string of the molecule is CC(CNC(=O)C1CCC(=O)NC1)N1CCCC1. The van der Waals surface area contributed by atoms with Crippen LogP contribution >= 0.6 is 0 Å². The maximum atomic E-state index is 11.9. The van der Waals surface area contributed by atoms with E-state index >= 15 is 0 Å². The number of nitrogens with one attached hydrogen (secondary N) is 2. The van der Waals surface area contributed by atoms with E-state index in [-0.39, 0.29) is 17.7 Å². The number of rotatable bonds is 4. The van der Waals surface area contributed by atoms with Gasteiger partial charge in [-0.15, -0.1) is 0 Å². The molecule has 0 radical (unpaired) electrons. The van der Waals surface area contributed by atoms with Crippen LogP contribution in [0.3, 0.4) is 0 Å². The molecule has 2 aliphatic rings. The first-order chi connectivity index (χ1) is 8.66. The molecule has 2 unspecified atom stereocenters. The molecule has 5 nitrogen and oxygen atoms in total. The van der Waals surface area contributed by atoms with Crippen LogP contribution in [0.2, 0.25) is 0 Å². The van der Waals surface area contributed by atoms with Gasteiger partial charge in [-0.3, -0.25) is 14.5 Å². The Labute approximate surface area is 108 Å². The zero-order valence-electron chi connectivity index (χ0n) is 11.1. The molecule has 2 amide bonds. The van der Waals surface area contributed by atoms with Crippen molar-refractivity contribution in [3.05, 3.63) is 0 Å². The van der Waals surface area contributed by atoms with E-state index in [1.807, 2.05) is 0 Å². The lowest BCUT2D eigenvalue weighted by Gasteiger charge is -2.26. The summed E-state index contributed by atoms with van der Waals surface area (Å²) >= 11 is 0. The highest BCUT2D eigenvalue weighted by atomic mass is 16.2. The van der Waals surface area contributed by atoms with Gasteiger partial charge in [0.25, 0.3) is 0 Å². The maximum absolute atomic E-state index is 11.9. The number of piperidine rings is 1. The van der Waals surface area contributed by atoms with Crippen LogP contribution in [-0.4, -0.2) is 48.9 Å². The van der Waals surface area contributed by atoms with Gasteiger partial charge in [-0.25, -0.2) is 0 Å². The molecule has 0 aliphatic carbocycles. The van der Waals surface area contributed by atoms with E-state index in [1.165, 1.54) is 12.8 Å². The minimum atomic E-state index is -0.0477. The number of hydrogen-bond donors (Lipinski definition) is 2. The molecule has 2 saturated heterocycles. The Balaban J connectivity index is 1.69. The highest BCUT2D eigenvalue weighted by Crippen LogP contribution is 2.12. The van der Waals surface area contributed by atoms with Gasteiger partial charge in [0, 0.05) is 25.6 Å². The molecule has 0 aromatic rings. The molecule has 0 aromatic carbocycles. The molecule has 2 heterocycles. The van der Waals surface area contributed by atoms with Gasteiger partial charge in [-0.2, -0.15) is 0 Å². The van der Waals surface area contributed by atoms with Crippen molar-refractivity contribution in [2.75, 3.05) is 26.2 Å². The van der Waals surface area contributed by atoms with Crippen LogP contribution < -0.4 is 10.6 Å². The van der Waals surface area contributed by atoms with Crippen molar-refractivity contribution in [2.24, 2.45) is 5.92 Å². The summed E-state index contributed by atoms with van der Waals surface area (Å²) in [4.78, 5) is 25.4. The second kappa shape index (κ2) is 6.18. The zero-order chi connectivity index (χ0) is 13.0. The molecule has 0 bridgehead atoms. The molecule has 0 saturated carbocycles. The van der Waals surface area contributed by atoms with Crippen molar-refractivity contribution in [2.45, 2.75) is 38.6 Å². The summed E-state index contributed by atoms with van der Waals surface area (Å²) in [5, 5.41) is 5.76. The normalized spacial score (nSPS) is 26.7. The zero-order valence-corrected chi connectivity index (χ0v) is 11.1. The summed E-state index contributed by atoms with van der Waals surface area (Å²) in [6, 6.07) is 0.412. The van der Waals surface area contributed by atoms with E-state index in [0.29, 0.717) is 32.0 Å². The molecule has 2 aliphatic heterocycles. The fourth-order valence-electron chi connectivity index (χ4n) is 2.66. The van der Waals surface area contributed by atoms with Gasteiger partial charge in [0.05, 0.1) is 5.92 Å². The number of nitrogens with zero attached hydrogens (tertiary/aromatic N) is 1. The maximum Gasteiger partial charge on any atom is 0.224 e. The number of carbonyl (C=O) groups excluding carboxylic acids is 2. The summed E-state index contributed by atoms with van der Waals surface area (Å²) < 4.78 is 0. The fraction of sp³-hybridized carbons (Fsp3) is 0.846. The summed E-state index contributed by atoms with van der Waals surface area (Å²) in [7, 11) is 0. The van der Waals surface area contributed by atoms with Crippen molar-refractivity contribution in [1.29, 1.82) is 0 Å². The van der Waals surface area contributed by atoms with Crippen molar-refractivity contribution in [3.8, 4) is 0 Å². The Kier molecular flexibility index (Phi) is 4.58. The largest absolute Gasteiger partial charge is 0.355 e. The Morgan fingerprint density at radius 3 is 2.83 bits per heavy atom.